The van der Waals surface area contributed by atoms with Crippen LogP contribution in [0, 0.1) is 0 Å². The fourth-order valence-corrected chi connectivity index (χ4v) is 2.45. The van der Waals surface area contributed by atoms with E-state index in [4.69, 9.17) is 5.73 Å². The van der Waals surface area contributed by atoms with Gasteiger partial charge in [0.2, 0.25) is 0 Å². The van der Waals surface area contributed by atoms with Gasteiger partial charge in [0, 0.05) is 18.6 Å². The molecule has 0 saturated carbocycles. The lowest BCUT2D eigenvalue weighted by atomic mass is 10.3. The minimum atomic E-state index is -0.231. The Hall–Kier alpha value is -1.73. The normalized spacial score (nSPS) is 12.4. The van der Waals surface area contributed by atoms with Crippen LogP contribution in [0.2, 0.25) is 0 Å². The number of rotatable bonds is 4. The summed E-state index contributed by atoms with van der Waals surface area (Å²) in [7, 11) is 1.83. The summed E-state index contributed by atoms with van der Waals surface area (Å²) in [6, 6.07) is -0.156. The number of amides is 1. The molecule has 2 aromatic heterocycles. The lowest BCUT2D eigenvalue weighted by molar-refractivity contribution is 0.102. The summed E-state index contributed by atoms with van der Waals surface area (Å²) >= 11 is 1.39. The highest BCUT2D eigenvalue weighted by Crippen LogP contribution is 2.18. The largest absolute Gasteiger partial charge is 0.322 e. The number of thiazole rings is 1. The standard InChI is InChI=1S/C12H17N5OS/c1-4-8-9(5-17(3)16-8)14-11(18)10-6-19-12(15-10)7(2)13/h5-7H,4,13H2,1-3H3,(H,14,18). The van der Waals surface area contributed by atoms with Crippen molar-refractivity contribution in [2.75, 3.05) is 5.32 Å². The number of carbonyl (C=O) groups is 1. The summed E-state index contributed by atoms with van der Waals surface area (Å²) in [6.45, 7) is 3.84. The van der Waals surface area contributed by atoms with Gasteiger partial charge in [-0.3, -0.25) is 9.48 Å². The predicted octanol–water partition coefficient (Wildman–Crippen LogP) is 1.71. The average Bonchev–Trinajstić information content (AvgIpc) is 2.95. The van der Waals surface area contributed by atoms with Crippen molar-refractivity contribution in [3.05, 3.63) is 28.0 Å². The second kappa shape index (κ2) is 5.50. The molecule has 2 rings (SSSR count). The Morgan fingerprint density at radius 3 is 2.95 bits per heavy atom. The molecule has 6 nitrogen and oxygen atoms in total. The van der Waals surface area contributed by atoms with Gasteiger partial charge in [-0.15, -0.1) is 11.3 Å². The Bertz CT molecular complexity index is 587. The van der Waals surface area contributed by atoms with Gasteiger partial charge in [-0.1, -0.05) is 6.92 Å². The van der Waals surface area contributed by atoms with Crippen molar-refractivity contribution in [1.29, 1.82) is 0 Å². The number of nitrogens with two attached hydrogens (primary N) is 1. The molecule has 1 atom stereocenters. The first kappa shape index (κ1) is 13.7. The molecule has 0 radical (unpaired) electrons. The quantitative estimate of drug-likeness (QED) is 0.892. The number of nitrogens with zero attached hydrogens (tertiary/aromatic N) is 3. The number of anilines is 1. The molecule has 0 spiro atoms. The molecular formula is C12H17N5OS. The van der Waals surface area contributed by atoms with Gasteiger partial charge < -0.3 is 11.1 Å². The SMILES string of the molecule is CCc1nn(C)cc1NC(=O)c1csc(C(C)N)n1. The van der Waals surface area contributed by atoms with E-state index in [9.17, 15) is 4.79 Å². The Morgan fingerprint density at radius 2 is 2.37 bits per heavy atom. The van der Waals surface area contributed by atoms with E-state index in [1.807, 2.05) is 20.9 Å². The van der Waals surface area contributed by atoms with E-state index in [1.165, 1.54) is 11.3 Å². The number of carbonyl (C=O) groups excluding carboxylic acids is 1. The Balaban J connectivity index is 2.15. The molecule has 2 heterocycles. The van der Waals surface area contributed by atoms with Crippen LogP contribution in [0.25, 0.3) is 0 Å². The molecule has 0 aliphatic carbocycles. The number of aryl methyl sites for hydroxylation is 2. The van der Waals surface area contributed by atoms with Crippen LogP contribution >= 0.6 is 11.3 Å². The monoisotopic (exact) mass is 279 g/mol. The fraction of sp³-hybridized carbons (Fsp3) is 0.417. The minimum Gasteiger partial charge on any atom is -0.322 e. The van der Waals surface area contributed by atoms with Crippen molar-refractivity contribution in [3.63, 3.8) is 0 Å². The van der Waals surface area contributed by atoms with Gasteiger partial charge in [-0.05, 0) is 13.3 Å². The van der Waals surface area contributed by atoms with E-state index in [1.54, 1.807) is 16.3 Å². The van der Waals surface area contributed by atoms with Crippen molar-refractivity contribution < 1.29 is 4.79 Å². The summed E-state index contributed by atoms with van der Waals surface area (Å²) < 4.78 is 1.68. The zero-order chi connectivity index (χ0) is 14.0. The van der Waals surface area contributed by atoms with Crippen LogP contribution in [0.3, 0.4) is 0 Å². The summed E-state index contributed by atoms with van der Waals surface area (Å²) in [5.74, 6) is -0.231. The first-order valence-corrected chi connectivity index (χ1v) is 6.94. The molecular weight excluding hydrogens is 262 g/mol. The molecule has 0 fully saturated rings. The van der Waals surface area contributed by atoms with Gasteiger partial charge in [0.05, 0.1) is 17.4 Å². The first-order valence-electron chi connectivity index (χ1n) is 6.06. The van der Waals surface area contributed by atoms with Gasteiger partial charge in [0.25, 0.3) is 5.91 Å². The molecule has 0 aromatic carbocycles. The lowest BCUT2D eigenvalue weighted by Crippen LogP contribution is -2.14. The van der Waals surface area contributed by atoms with Crippen LogP contribution in [0.15, 0.2) is 11.6 Å². The average molecular weight is 279 g/mol. The van der Waals surface area contributed by atoms with E-state index in [0.29, 0.717) is 5.69 Å². The van der Waals surface area contributed by atoms with Gasteiger partial charge >= 0.3 is 0 Å². The Labute approximate surface area is 115 Å². The topological polar surface area (TPSA) is 85.8 Å². The number of nitrogens with one attached hydrogen (secondary N) is 1. The third-order valence-electron chi connectivity index (χ3n) is 2.63. The van der Waals surface area contributed by atoms with Crippen LogP contribution < -0.4 is 11.1 Å². The van der Waals surface area contributed by atoms with Gasteiger partial charge in [0.15, 0.2) is 0 Å². The minimum absolute atomic E-state index is 0.156. The van der Waals surface area contributed by atoms with Crippen LogP contribution in [0.5, 0.6) is 0 Å². The molecule has 1 unspecified atom stereocenters. The molecule has 0 saturated heterocycles. The molecule has 2 aromatic rings. The number of aromatic nitrogens is 3. The summed E-state index contributed by atoms with van der Waals surface area (Å²) in [5.41, 5.74) is 7.71. The molecule has 0 aliphatic rings. The third-order valence-corrected chi connectivity index (χ3v) is 3.68. The van der Waals surface area contributed by atoms with Crippen LogP contribution in [0.1, 0.15) is 41.1 Å². The van der Waals surface area contributed by atoms with Crippen LogP contribution in [-0.2, 0) is 13.5 Å². The number of hydrogen-bond acceptors (Lipinski definition) is 5. The van der Waals surface area contributed by atoms with Crippen LogP contribution in [0.4, 0.5) is 5.69 Å². The summed E-state index contributed by atoms with van der Waals surface area (Å²) in [5, 5.41) is 9.58. The maximum atomic E-state index is 12.1. The van der Waals surface area contributed by atoms with E-state index in [2.05, 4.69) is 15.4 Å². The van der Waals surface area contributed by atoms with Gasteiger partial charge in [0.1, 0.15) is 10.7 Å². The van der Waals surface area contributed by atoms with Crippen molar-refractivity contribution in [2.45, 2.75) is 26.3 Å². The molecule has 19 heavy (non-hydrogen) atoms. The highest BCUT2D eigenvalue weighted by atomic mass is 32.1. The number of hydrogen-bond donors (Lipinski definition) is 2. The second-order valence-corrected chi connectivity index (χ2v) is 5.22. The van der Waals surface area contributed by atoms with E-state index >= 15 is 0 Å². The summed E-state index contributed by atoms with van der Waals surface area (Å²) in [4.78, 5) is 16.3. The molecule has 7 heteroatoms. The maximum Gasteiger partial charge on any atom is 0.275 e. The van der Waals surface area contributed by atoms with Gasteiger partial charge in [-0.25, -0.2) is 4.98 Å². The molecule has 102 valence electrons. The van der Waals surface area contributed by atoms with Crippen molar-refractivity contribution >= 4 is 22.9 Å². The fourth-order valence-electron chi connectivity index (χ4n) is 1.69. The lowest BCUT2D eigenvalue weighted by Gasteiger charge is -2.02. The second-order valence-electron chi connectivity index (χ2n) is 4.33. The molecule has 3 N–H and O–H groups in total. The maximum absolute atomic E-state index is 12.1. The molecule has 1 amide bonds. The highest BCUT2D eigenvalue weighted by Gasteiger charge is 2.15. The van der Waals surface area contributed by atoms with Crippen molar-refractivity contribution in [1.82, 2.24) is 14.8 Å². The molecule has 0 bridgehead atoms. The van der Waals surface area contributed by atoms with Crippen LogP contribution in [-0.4, -0.2) is 20.7 Å². The van der Waals surface area contributed by atoms with Crippen molar-refractivity contribution in [2.24, 2.45) is 12.8 Å². The highest BCUT2D eigenvalue weighted by molar-refractivity contribution is 7.09. The zero-order valence-corrected chi connectivity index (χ0v) is 12.0. The van der Waals surface area contributed by atoms with Crippen molar-refractivity contribution in [3.8, 4) is 0 Å². The van der Waals surface area contributed by atoms with E-state index in [0.717, 1.165) is 22.8 Å². The Morgan fingerprint density at radius 1 is 1.63 bits per heavy atom. The van der Waals surface area contributed by atoms with Gasteiger partial charge in [-0.2, -0.15) is 5.10 Å². The van der Waals surface area contributed by atoms with E-state index in [-0.39, 0.29) is 11.9 Å². The summed E-state index contributed by atoms with van der Waals surface area (Å²) in [6.07, 6.45) is 2.55. The van der Waals surface area contributed by atoms with E-state index < -0.39 is 0 Å². The first-order chi connectivity index (χ1) is 9.01. The third kappa shape index (κ3) is 2.99. The zero-order valence-electron chi connectivity index (χ0n) is 11.2. The Kier molecular flexibility index (Phi) is 3.96. The molecule has 0 aliphatic heterocycles. The predicted molar refractivity (Wildman–Crippen MR) is 75.3 cm³/mol. The smallest absolute Gasteiger partial charge is 0.275 e.